The van der Waals surface area contributed by atoms with Crippen molar-refractivity contribution in [1.29, 1.82) is 0 Å². The number of rotatable bonds is 17. The predicted octanol–water partition coefficient (Wildman–Crippen LogP) is 1.58. The Kier molecular flexibility index (Phi) is 15.6. The number of ether oxygens (including phenoxy) is 2. The maximum absolute atomic E-state index is 13.7. The lowest BCUT2D eigenvalue weighted by molar-refractivity contribution is -0.132. The highest BCUT2D eigenvalue weighted by molar-refractivity contribution is 6.40. The van der Waals surface area contributed by atoms with Crippen LogP contribution in [0.15, 0.2) is 5.16 Å². The Balaban J connectivity index is 2.15. The molecular formula is C33H58N6O9. The van der Waals surface area contributed by atoms with Gasteiger partial charge in [-0.2, -0.15) is 0 Å². The van der Waals surface area contributed by atoms with Crippen LogP contribution in [-0.2, 0) is 33.5 Å². The molecule has 2 aliphatic heterocycles. The fourth-order valence-electron chi connectivity index (χ4n) is 5.24. The van der Waals surface area contributed by atoms with Crippen LogP contribution in [0, 0.1) is 29.6 Å². The lowest BCUT2D eigenvalue weighted by Crippen LogP contribution is -2.58. The van der Waals surface area contributed by atoms with Gasteiger partial charge in [-0.15, -0.1) is 0 Å². The summed E-state index contributed by atoms with van der Waals surface area (Å²) in [6.45, 7) is 18.8. The highest BCUT2D eigenvalue weighted by Gasteiger charge is 2.43. The molecule has 15 nitrogen and oxygen atoms in total. The van der Waals surface area contributed by atoms with Crippen molar-refractivity contribution in [2.45, 2.75) is 125 Å². The van der Waals surface area contributed by atoms with Crippen LogP contribution >= 0.6 is 0 Å². The molecule has 0 aromatic heterocycles. The van der Waals surface area contributed by atoms with Gasteiger partial charge in [0.2, 0.25) is 24.0 Å². The summed E-state index contributed by atoms with van der Waals surface area (Å²) in [6.07, 6.45) is -1.71. The van der Waals surface area contributed by atoms with E-state index in [1.807, 2.05) is 41.5 Å². The number of aliphatic hydroxyl groups is 1. The van der Waals surface area contributed by atoms with E-state index in [-0.39, 0.29) is 48.3 Å². The number of carbonyl (C=O) groups excluding carboxylic acids is 5. The lowest BCUT2D eigenvalue weighted by atomic mass is 9.91. The normalized spacial score (nSPS) is 20.5. The van der Waals surface area contributed by atoms with E-state index in [9.17, 15) is 29.1 Å². The number of hydrogen-bond acceptors (Lipinski definition) is 10. The zero-order valence-electron chi connectivity index (χ0n) is 30.2. The van der Waals surface area contributed by atoms with Crippen LogP contribution in [-0.4, -0.2) is 96.4 Å². The molecule has 0 radical (unpaired) electrons. The molecule has 2 heterocycles. The molecule has 1 saturated heterocycles. The summed E-state index contributed by atoms with van der Waals surface area (Å²) in [6, 6.07) is -2.82. The minimum atomic E-state index is -1.27. The second-order valence-electron chi connectivity index (χ2n) is 14.9. The Morgan fingerprint density at radius 1 is 0.875 bits per heavy atom. The Bertz CT molecular complexity index is 1150. The third-order valence-electron chi connectivity index (χ3n) is 7.84. The smallest absolute Gasteiger partial charge is 0.407 e. The molecule has 6 N–H and O–H groups in total. The number of hydrogen-bond donors (Lipinski definition) is 6. The molecule has 274 valence electrons. The van der Waals surface area contributed by atoms with Crippen molar-refractivity contribution in [3.8, 4) is 0 Å². The molecular weight excluding hydrogens is 624 g/mol. The quantitative estimate of drug-likeness (QED) is 0.132. The molecule has 48 heavy (non-hydrogen) atoms. The molecule has 0 unspecified atom stereocenters. The number of nitrogens with zero attached hydrogens (tertiary/aromatic N) is 1. The van der Waals surface area contributed by atoms with E-state index in [2.05, 4.69) is 31.7 Å². The summed E-state index contributed by atoms with van der Waals surface area (Å²) in [5, 5.41) is 28.8. The van der Waals surface area contributed by atoms with Crippen LogP contribution in [0.25, 0.3) is 0 Å². The lowest BCUT2D eigenvalue weighted by Gasteiger charge is -2.30. The molecule has 15 heteroatoms. The summed E-state index contributed by atoms with van der Waals surface area (Å²) in [5.41, 5.74) is -0.704. The number of aliphatic hydroxyl groups excluding tert-OH is 1. The summed E-state index contributed by atoms with van der Waals surface area (Å²) < 4.78 is 10.7. The van der Waals surface area contributed by atoms with Crippen LogP contribution in [0.5, 0.6) is 0 Å². The topological polar surface area (TPSA) is 206 Å². The number of amides is 5. The van der Waals surface area contributed by atoms with Gasteiger partial charge in [0.15, 0.2) is 5.71 Å². The van der Waals surface area contributed by atoms with Gasteiger partial charge in [-0.3, -0.25) is 19.2 Å². The molecule has 1 fully saturated rings. The molecule has 2 rings (SSSR count). The highest BCUT2D eigenvalue weighted by atomic mass is 16.8. The third-order valence-corrected chi connectivity index (χ3v) is 7.84. The van der Waals surface area contributed by atoms with E-state index >= 15 is 0 Å². The second-order valence-corrected chi connectivity index (χ2v) is 14.9. The van der Waals surface area contributed by atoms with Crippen LogP contribution < -0.4 is 26.6 Å². The zero-order valence-corrected chi connectivity index (χ0v) is 30.2. The molecule has 0 bridgehead atoms. The van der Waals surface area contributed by atoms with Gasteiger partial charge in [-0.1, -0.05) is 53.6 Å². The third kappa shape index (κ3) is 13.2. The number of fused-ring (bicyclic) bond motifs is 1. The Morgan fingerprint density at radius 2 is 1.54 bits per heavy atom. The molecule has 0 spiro atoms. The van der Waals surface area contributed by atoms with Crippen molar-refractivity contribution in [2.24, 2.45) is 34.7 Å². The summed E-state index contributed by atoms with van der Waals surface area (Å²) in [4.78, 5) is 70.5. The van der Waals surface area contributed by atoms with E-state index in [1.54, 1.807) is 27.7 Å². The van der Waals surface area contributed by atoms with E-state index in [0.29, 0.717) is 26.0 Å². The van der Waals surface area contributed by atoms with Gasteiger partial charge in [-0.05, 0) is 57.8 Å². The first-order valence-corrected chi connectivity index (χ1v) is 17.0. The fourth-order valence-corrected chi connectivity index (χ4v) is 5.24. The van der Waals surface area contributed by atoms with Crippen molar-refractivity contribution < 1.29 is 43.4 Å². The predicted molar refractivity (Wildman–Crippen MR) is 178 cm³/mol. The standard InChI is InChI=1S/C33H58N6O9/c1-17(2)13-22(24(40)14-20(7)27(41)38-25(19(5)6)29(43)34-15-18(3)4)36-28(42)23(16-35-32(45)47-33(8,9)10)37-30(44)26-21-11-12-46-31(21)48-39-26/h17-25,31,40H,11-16H2,1-10H3,(H,34,43)(H,35,45)(H,36,42)(H,37,44)(H,38,41)/t20-,21-,22+,23+,24+,25+,31+/m1/s1. The van der Waals surface area contributed by atoms with E-state index in [1.165, 1.54) is 0 Å². The van der Waals surface area contributed by atoms with Crippen LogP contribution in [0.1, 0.15) is 88.5 Å². The van der Waals surface area contributed by atoms with Crippen LogP contribution in [0.4, 0.5) is 4.79 Å². The fraction of sp³-hybridized carbons (Fsp3) is 0.818. The van der Waals surface area contributed by atoms with Gasteiger partial charge in [0.05, 0.1) is 31.2 Å². The van der Waals surface area contributed by atoms with E-state index in [0.717, 1.165) is 0 Å². The van der Waals surface area contributed by atoms with Gasteiger partial charge in [0.1, 0.15) is 17.7 Å². The van der Waals surface area contributed by atoms with Crippen molar-refractivity contribution >= 4 is 35.4 Å². The van der Waals surface area contributed by atoms with Crippen molar-refractivity contribution in [1.82, 2.24) is 26.6 Å². The zero-order chi connectivity index (χ0) is 36.3. The van der Waals surface area contributed by atoms with Crippen LogP contribution in [0.3, 0.4) is 0 Å². The SMILES string of the molecule is CC(C)CNC(=O)[C@@H](NC(=O)[C@H](C)C[C@H](O)[C@H](CC(C)C)NC(=O)[C@H](CNC(=O)OC(C)(C)C)NC(=O)C1=NO[C@@H]2OCC[C@H]12)C(C)C. The average molecular weight is 683 g/mol. The Hall–Kier alpha value is -3.46. The van der Waals surface area contributed by atoms with Gasteiger partial charge >= 0.3 is 6.09 Å². The first-order valence-electron chi connectivity index (χ1n) is 17.0. The average Bonchev–Trinajstić information content (AvgIpc) is 3.59. The van der Waals surface area contributed by atoms with Crippen molar-refractivity contribution in [3.05, 3.63) is 0 Å². The molecule has 7 atom stereocenters. The Labute approximate surface area is 284 Å². The largest absolute Gasteiger partial charge is 0.444 e. The number of nitrogens with one attached hydrogen (secondary N) is 5. The Morgan fingerprint density at radius 3 is 2.12 bits per heavy atom. The van der Waals surface area contributed by atoms with Gasteiger partial charge < -0.3 is 46.0 Å². The number of carbonyl (C=O) groups is 5. The van der Waals surface area contributed by atoms with Crippen molar-refractivity contribution in [2.75, 3.05) is 19.7 Å². The maximum Gasteiger partial charge on any atom is 0.407 e. The molecule has 0 aliphatic carbocycles. The van der Waals surface area contributed by atoms with E-state index in [4.69, 9.17) is 14.3 Å². The van der Waals surface area contributed by atoms with Gasteiger partial charge in [0.25, 0.3) is 5.91 Å². The summed E-state index contributed by atoms with van der Waals surface area (Å²) >= 11 is 0. The van der Waals surface area contributed by atoms with Gasteiger partial charge in [0, 0.05) is 12.5 Å². The van der Waals surface area contributed by atoms with Crippen molar-refractivity contribution in [3.63, 3.8) is 0 Å². The molecule has 5 amide bonds. The van der Waals surface area contributed by atoms with Gasteiger partial charge in [-0.25, -0.2) is 4.79 Å². The minimum absolute atomic E-state index is 0.00761. The second kappa shape index (κ2) is 18.3. The first kappa shape index (κ1) is 40.7. The molecule has 0 aromatic rings. The molecule has 0 aromatic carbocycles. The molecule has 0 saturated carbocycles. The summed E-state index contributed by atoms with van der Waals surface area (Å²) in [7, 11) is 0. The first-order chi connectivity index (χ1) is 22.3. The monoisotopic (exact) mass is 682 g/mol. The minimum Gasteiger partial charge on any atom is -0.444 e. The number of oxime groups is 1. The maximum atomic E-state index is 13.7. The number of alkyl carbamates (subject to hydrolysis) is 1. The summed E-state index contributed by atoms with van der Waals surface area (Å²) in [5.74, 6) is -2.94. The van der Waals surface area contributed by atoms with E-state index < -0.39 is 65.9 Å². The molecule has 2 aliphatic rings. The highest BCUT2D eigenvalue weighted by Crippen LogP contribution is 2.29. The van der Waals surface area contributed by atoms with Crippen LogP contribution in [0.2, 0.25) is 0 Å².